The number of aromatic nitrogens is 2. The summed E-state index contributed by atoms with van der Waals surface area (Å²) >= 11 is 0. The number of aliphatic hydroxyl groups is 1. The molecule has 1 rings (SSSR count). The van der Waals surface area contributed by atoms with E-state index >= 15 is 0 Å². The van der Waals surface area contributed by atoms with Crippen molar-refractivity contribution in [3.63, 3.8) is 0 Å². The van der Waals surface area contributed by atoms with Crippen LogP contribution in [-0.4, -0.2) is 27.7 Å². The van der Waals surface area contributed by atoms with Gasteiger partial charge in [0, 0.05) is 12.2 Å². The zero-order valence-corrected chi connectivity index (χ0v) is 6.86. The van der Waals surface area contributed by atoms with Gasteiger partial charge in [-0.2, -0.15) is 4.98 Å². The summed E-state index contributed by atoms with van der Waals surface area (Å²) in [6.07, 6.45) is 1.56. The predicted molar refractivity (Wildman–Crippen MR) is 46.6 cm³/mol. The van der Waals surface area contributed by atoms with Crippen molar-refractivity contribution in [2.24, 2.45) is 0 Å². The second-order valence-electron chi connectivity index (χ2n) is 2.53. The van der Waals surface area contributed by atoms with Gasteiger partial charge in [-0.3, -0.25) is 0 Å². The molecule has 0 spiro atoms. The van der Waals surface area contributed by atoms with Crippen LogP contribution in [0.5, 0.6) is 0 Å². The molecule has 0 bridgehead atoms. The first kappa shape index (κ1) is 8.73. The lowest BCUT2D eigenvalue weighted by molar-refractivity contribution is 0.281. The highest BCUT2D eigenvalue weighted by Crippen LogP contribution is 2.02. The van der Waals surface area contributed by atoms with Crippen LogP contribution in [0.3, 0.4) is 0 Å². The van der Waals surface area contributed by atoms with Crippen LogP contribution in [0, 0.1) is 0 Å². The molecule has 0 radical (unpaired) electrons. The highest BCUT2D eigenvalue weighted by molar-refractivity contribution is 5.35. The summed E-state index contributed by atoms with van der Waals surface area (Å²) in [6, 6.07) is 1.54. The molecule has 5 heteroatoms. The minimum Gasteiger partial charge on any atom is -0.394 e. The Labute approximate surface area is 70.6 Å². The maximum atomic E-state index is 8.72. The van der Waals surface area contributed by atoms with E-state index in [4.69, 9.17) is 10.8 Å². The minimum atomic E-state index is -0.0631. The molecule has 0 amide bonds. The lowest BCUT2D eigenvalue weighted by Gasteiger charge is -2.09. The van der Waals surface area contributed by atoms with E-state index in [-0.39, 0.29) is 12.6 Å². The molecule has 0 aliphatic heterocycles. The van der Waals surface area contributed by atoms with Crippen LogP contribution >= 0.6 is 0 Å². The second-order valence-corrected chi connectivity index (χ2v) is 2.53. The lowest BCUT2D eigenvalue weighted by atomic mass is 10.4. The van der Waals surface area contributed by atoms with Crippen LogP contribution < -0.4 is 11.1 Å². The largest absolute Gasteiger partial charge is 0.394 e. The third-order valence-electron chi connectivity index (χ3n) is 1.33. The summed E-state index contributed by atoms with van der Waals surface area (Å²) < 4.78 is 0. The van der Waals surface area contributed by atoms with E-state index < -0.39 is 0 Å². The van der Waals surface area contributed by atoms with Gasteiger partial charge in [0.1, 0.15) is 5.82 Å². The summed E-state index contributed by atoms with van der Waals surface area (Å²) in [6.45, 7) is 1.87. The SMILES string of the molecule is CC(CO)Nc1nccc(N)n1. The number of nitrogens with one attached hydrogen (secondary N) is 1. The van der Waals surface area contributed by atoms with Gasteiger partial charge in [-0.05, 0) is 13.0 Å². The topological polar surface area (TPSA) is 84.1 Å². The fraction of sp³-hybridized carbons (Fsp3) is 0.429. The van der Waals surface area contributed by atoms with Crippen LogP contribution in [-0.2, 0) is 0 Å². The first-order valence-electron chi connectivity index (χ1n) is 3.68. The zero-order valence-electron chi connectivity index (χ0n) is 6.86. The van der Waals surface area contributed by atoms with E-state index in [1.165, 1.54) is 0 Å². The predicted octanol–water partition coefficient (Wildman–Crippen LogP) is -0.149. The quantitative estimate of drug-likeness (QED) is 0.584. The Balaban J connectivity index is 2.63. The molecule has 12 heavy (non-hydrogen) atoms. The number of nitrogens with two attached hydrogens (primary N) is 1. The van der Waals surface area contributed by atoms with E-state index in [9.17, 15) is 0 Å². The number of nitrogen functional groups attached to an aromatic ring is 1. The highest BCUT2D eigenvalue weighted by Gasteiger charge is 2.01. The van der Waals surface area contributed by atoms with Gasteiger partial charge in [0.05, 0.1) is 6.61 Å². The number of anilines is 2. The van der Waals surface area contributed by atoms with Gasteiger partial charge in [-0.15, -0.1) is 0 Å². The molecule has 0 aliphatic rings. The third-order valence-corrected chi connectivity index (χ3v) is 1.33. The molecule has 0 saturated carbocycles. The molecule has 1 unspecified atom stereocenters. The average Bonchev–Trinajstić information content (AvgIpc) is 2.04. The number of rotatable bonds is 3. The highest BCUT2D eigenvalue weighted by atomic mass is 16.3. The van der Waals surface area contributed by atoms with Crippen LogP contribution in [0.25, 0.3) is 0 Å². The number of hydrogen-bond acceptors (Lipinski definition) is 5. The van der Waals surface area contributed by atoms with Crippen molar-refractivity contribution >= 4 is 11.8 Å². The van der Waals surface area contributed by atoms with E-state index in [1.54, 1.807) is 12.3 Å². The molecule has 0 aromatic carbocycles. The van der Waals surface area contributed by atoms with Gasteiger partial charge in [-0.1, -0.05) is 0 Å². The number of nitrogens with zero attached hydrogens (tertiary/aromatic N) is 2. The first-order chi connectivity index (χ1) is 5.72. The van der Waals surface area contributed by atoms with Crippen molar-refractivity contribution < 1.29 is 5.11 Å². The standard InChI is InChI=1S/C7H12N4O/c1-5(4-12)10-7-9-3-2-6(8)11-7/h2-3,5,12H,4H2,1H3,(H3,8,9,10,11). The Hall–Kier alpha value is -1.36. The fourth-order valence-electron chi connectivity index (χ4n) is 0.708. The Kier molecular flexibility index (Phi) is 2.82. The van der Waals surface area contributed by atoms with E-state index in [2.05, 4.69) is 15.3 Å². The molecule has 66 valence electrons. The second kappa shape index (κ2) is 3.87. The maximum Gasteiger partial charge on any atom is 0.224 e. The van der Waals surface area contributed by atoms with Crippen molar-refractivity contribution in [2.75, 3.05) is 17.7 Å². The summed E-state index contributed by atoms with van der Waals surface area (Å²) in [7, 11) is 0. The van der Waals surface area contributed by atoms with Gasteiger partial charge in [-0.25, -0.2) is 4.98 Å². The van der Waals surface area contributed by atoms with Crippen LogP contribution in [0.2, 0.25) is 0 Å². The first-order valence-corrected chi connectivity index (χ1v) is 3.68. The Morgan fingerprint density at radius 3 is 3.08 bits per heavy atom. The summed E-state index contributed by atoms with van der Waals surface area (Å²) in [5.74, 6) is 0.856. The van der Waals surface area contributed by atoms with Crippen molar-refractivity contribution in [2.45, 2.75) is 13.0 Å². The zero-order chi connectivity index (χ0) is 8.97. The minimum absolute atomic E-state index is 0.0398. The molecule has 1 atom stereocenters. The Bertz CT molecular complexity index is 253. The molecule has 1 aromatic rings. The fourth-order valence-corrected chi connectivity index (χ4v) is 0.708. The van der Waals surface area contributed by atoms with Gasteiger partial charge < -0.3 is 16.2 Å². The van der Waals surface area contributed by atoms with Gasteiger partial charge in [0.2, 0.25) is 5.95 Å². The summed E-state index contributed by atoms with van der Waals surface area (Å²) in [4.78, 5) is 7.82. The molecule has 1 heterocycles. The normalized spacial score (nSPS) is 12.5. The number of hydrogen-bond donors (Lipinski definition) is 3. The lowest BCUT2D eigenvalue weighted by Crippen LogP contribution is -2.20. The van der Waals surface area contributed by atoms with Gasteiger partial charge in [0.15, 0.2) is 0 Å². The summed E-state index contributed by atoms with van der Waals surface area (Å²) in [5, 5.41) is 11.6. The smallest absolute Gasteiger partial charge is 0.224 e. The van der Waals surface area contributed by atoms with Gasteiger partial charge >= 0.3 is 0 Å². The maximum absolute atomic E-state index is 8.72. The summed E-state index contributed by atoms with van der Waals surface area (Å²) in [5.41, 5.74) is 5.42. The van der Waals surface area contributed by atoms with E-state index in [1.807, 2.05) is 6.92 Å². The van der Waals surface area contributed by atoms with Gasteiger partial charge in [0.25, 0.3) is 0 Å². The van der Waals surface area contributed by atoms with Crippen LogP contribution in [0.4, 0.5) is 11.8 Å². The Morgan fingerprint density at radius 1 is 1.75 bits per heavy atom. The molecular weight excluding hydrogens is 156 g/mol. The third kappa shape index (κ3) is 2.35. The van der Waals surface area contributed by atoms with Crippen LogP contribution in [0.15, 0.2) is 12.3 Å². The van der Waals surface area contributed by atoms with E-state index in [0.29, 0.717) is 11.8 Å². The van der Waals surface area contributed by atoms with Crippen molar-refractivity contribution in [3.8, 4) is 0 Å². The molecule has 0 fully saturated rings. The molecule has 1 aromatic heterocycles. The molecule has 0 saturated heterocycles. The molecular formula is C7H12N4O. The van der Waals surface area contributed by atoms with Crippen molar-refractivity contribution in [1.82, 2.24) is 9.97 Å². The monoisotopic (exact) mass is 168 g/mol. The molecule has 4 N–H and O–H groups in total. The average molecular weight is 168 g/mol. The number of aliphatic hydroxyl groups excluding tert-OH is 1. The van der Waals surface area contributed by atoms with Crippen molar-refractivity contribution in [1.29, 1.82) is 0 Å². The molecule has 5 nitrogen and oxygen atoms in total. The Morgan fingerprint density at radius 2 is 2.50 bits per heavy atom. The molecule has 0 aliphatic carbocycles. The van der Waals surface area contributed by atoms with Crippen LogP contribution in [0.1, 0.15) is 6.92 Å². The van der Waals surface area contributed by atoms with E-state index in [0.717, 1.165) is 0 Å². The van der Waals surface area contributed by atoms with Crippen molar-refractivity contribution in [3.05, 3.63) is 12.3 Å².